The van der Waals surface area contributed by atoms with Crippen LogP contribution >= 0.6 is 70.6 Å². The number of alkyl halides is 3. The molecule has 6 atom stereocenters. The molecule has 3 spiro atoms. The van der Waals surface area contributed by atoms with Gasteiger partial charge in [-0.2, -0.15) is 18.3 Å². The molecule has 2 N–H and O–H groups in total. The molecule has 17 heteroatoms. The maximum atomic E-state index is 13.4. The van der Waals surface area contributed by atoms with E-state index >= 15 is 0 Å². The van der Waals surface area contributed by atoms with Gasteiger partial charge < -0.3 is 15.2 Å². The summed E-state index contributed by atoms with van der Waals surface area (Å²) in [7, 11) is 0. The molecular weight excluding hydrogens is 828 g/mol. The van der Waals surface area contributed by atoms with Crippen LogP contribution in [0.5, 0.6) is 0 Å². The largest absolute Gasteiger partial charge is 0.874 e. The highest BCUT2D eigenvalue weighted by molar-refractivity contribution is 8.22. The lowest BCUT2D eigenvalue weighted by molar-refractivity contribution is -0.709. The Hall–Kier alpha value is -0.590. The third kappa shape index (κ3) is 7.93. The summed E-state index contributed by atoms with van der Waals surface area (Å²) in [5.74, 6) is 9.04. The summed E-state index contributed by atoms with van der Waals surface area (Å²) < 4.78 is 45.8. The molecule has 8 nitrogen and oxygen atoms in total. The number of halogens is 3. The van der Waals surface area contributed by atoms with Gasteiger partial charge in [0.05, 0.1) is 28.5 Å². The van der Waals surface area contributed by atoms with Gasteiger partial charge in [0.15, 0.2) is 17.3 Å². The first-order chi connectivity index (χ1) is 26.0. The summed E-state index contributed by atoms with van der Waals surface area (Å²) in [4.78, 5) is 34.7. The van der Waals surface area contributed by atoms with Crippen molar-refractivity contribution in [3.05, 3.63) is 28.3 Å². The molecule has 4 heterocycles. The molecule has 306 valence electrons. The van der Waals surface area contributed by atoms with Crippen LogP contribution in [-0.2, 0) is 35.9 Å². The minimum Gasteiger partial charge on any atom is -0.874 e. The standard InChI is InChI=1S/C14H15F3N2O2S2.C10H12O2S2.C8H10OS2.C6H15N/c1-2-21-9(20)6-19-12-10(11(18-19)14(15,16)17)7-5-8(7)13(12)22-3-4-23-13;1-5(11)8-6-4-7(6)10(9(8)12)13-2-3-14-10;9-7-4-5-3-6(5)8(7)10-1-2-11-8;1-5(2)7-6(3)4/h7-8H,2-6H2,1H3;6-7,12H,2-4H2,1H3;5-6H,1-4H2;5-7H,1-4H3/t7-,8+;6-,7+;5-,6-;/m001./s1. The molecule has 3 saturated heterocycles. The number of ether oxygens (including phenoxy) is 1. The van der Waals surface area contributed by atoms with Crippen molar-refractivity contribution >= 4 is 88.1 Å². The Morgan fingerprint density at radius 2 is 1.40 bits per heavy atom. The number of allylic oxidation sites excluding steroid dienone is 1. The van der Waals surface area contributed by atoms with E-state index in [-0.39, 0.29) is 48.8 Å². The van der Waals surface area contributed by atoms with Crippen LogP contribution in [-0.4, -0.2) is 88.7 Å². The van der Waals surface area contributed by atoms with Gasteiger partial charge in [0.1, 0.15) is 14.7 Å². The second kappa shape index (κ2) is 16.1. The van der Waals surface area contributed by atoms with Gasteiger partial charge in [-0.25, -0.2) is 0 Å². The summed E-state index contributed by atoms with van der Waals surface area (Å²) in [6.07, 6.45) is -0.394. The van der Waals surface area contributed by atoms with Crippen LogP contribution in [0.1, 0.15) is 90.1 Å². The zero-order valence-electron chi connectivity index (χ0n) is 32.2. The van der Waals surface area contributed by atoms with Crippen molar-refractivity contribution in [2.24, 2.45) is 29.6 Å². The second-order valence-corrected chi connectivity index (χ2v) is 25.1. The molecule has 7 fully saturated rings. The van der Waals surface area contributed by atoms with Gasteiger partial charge >= 0.3 is 12.1 Å². The Kier molecular flexibility index (Phi) is 12.5. The molecule has 1 aromatic rings. The Balaban J connectivity index is 0.000000124. The first-order valence-corrected chi connectivity index (χ1v) is 25.4. The van der Waals surface area contributed by atoms with E-state index < -0.39 is 17.8 Å². The number of ketones is 2. The van der Waals surface area contributed by atoms with Crippen molar-refractivity contribution in [2.75, 3.05) is 41.1 Å². The topological polar surface area (TPSA) is 118 Å². The molecule has 0 unspecified atom stereocenters. The highest BCUT2D eigenvalue weighted by Gasteiger charge is 2.68. The molecule has 0 amide bonds. The molecule has 10 rings (SSSR count). The van der Waals surface area contributed by atoms with Gasteiger partial charge in [-0.3, -0.25) is 19.1 Å². The van der Waals surface area contributed by atoms with E-state index in [1.807, 2.05) is 23.5 Å². The molecule has 6 aliphatic carbocycles. The van der Waals surface area contributed by atoms with Crippen LogP contribution in [0.2, 0.25) is 0 Å². The van der Waals surface area contributed by atoms with E-state index in [0.29, 0.717) is 34.4 Å². The fourth-order valence-corrected chi connectivity index (χ4v) is 20.4. The first-order valence-electron chi connectivity index (χ1n) is 19.5. The normalized spacial score (nSPS) is 31.4. The van der Waals surface area contributed by atoms with Gasteiger partial charge in [-0.1, -0.05) is 5.76 Å². The van der Waals surface area contributed by atoms with Crippen LogP contribution in [0, 0.1) is 29.6 Å². The number of hydrogen-bond donors (Lipinski definition) is 1. The number of fused-ring (bicyclic) bond motifs is 9. The average molecular weight is 880 g/mol. The number of hydrogen-bond acceptors (Lipinski definition) is 12. The van der Waals surface area contributed by atoms with Crippen molar-refractivity contribution in [3.63, 3.8) is 0 Å². The van der Waals surface area contributed by atoms with Gasteiger partial charge in [0.25, 0.3) is 0 Å². The zero-order chi connectivity index (χ0) is 39.7. The summed E-state index contributed by atoms with van der Waals surface area (Å²) in [5.41, 5.74) is 0.742. The molecule has 0 bridgehead atoms. The lowest BCUT2D eigenvalue weighted by Gasteiger charge is -2.32. The van der Waals surface area contributed by atoms with Crippen molar-refractivity contribution in [2.45, 2.75) is 110 Å². The molecule has 0 radical (unpaired) electrons. The number of nitrogens with two attached hydrogens (primary N) is 1. The quantitative estimate of drug-likeness (QED) is 0.320. The van der Waals surface area contributed by atoms with Gasteiger partial charge in [-0.05, 0) is 102 Å². The van der Waals surface area contributed by atoms with Gasteiger partial charge in [0, 0.05) is 46.5 Å². The SMILES string of the molecule is CC(=O)C1=C([O-])C2(SCCS2)[C@@H]2C[C@H]12.CC(C)[NH2+]C(C)C.CCOC(=O)Cn1nc(C(F)(F)F)c2c1C1(SCCS1)[C@@H]1C[C@H]21.O=C1C[C@H]2C[C@H]2C12SCCS2. The lowest BCUT2D eigenvalue weighted by atomic mass is 10.1. The minimum absolute atomic E-state index is 0.00692. The van der Waals surface area contributed by atoms with E-state index in [4.69, 9.17) is 4.74 Å². The third-order valence-corrected chi connectivity index (χ3v) is 22.5. The van der Waals surface area contributed by atoms with Crippen molar-refractivity contribution in [3.8, 4) is 0 Å². The fraction of sp³-hybridized carbons (Fsp3) is 0.789. The number of nitrogens with zero attached hydrogens (tertiary/aromatic N) is 2. The number of quaternary nitrogens is 1. The average Bonchev–Trinajstić information content (AvgIpc) is 3.91. The lowest BCUT2D eigenvalue weighted by Crippen LogP contribution is -2.92. The Morgan fingerprint density at radius 1 is 0.873 bits per heavy atom. The molecule has 0 aromatic carbocycles. The zero-order valence-corrected chi connectivity index (χ0v) is 37.1. The van der Waals surface area contributed by atoms with E-state index in [1.54, 1.807) is 54.0 Å². The van der Waals surface area contributed by atoms with Crippen molar-refractivity contribution < 1.29 is 42.7 Å². The van der Waals surface area contributed by atoms with Crippen molar-refractivity contribution in [1.29, 1.82) is 0 Å². The highest BCUT2D eigenvalue weighted by Crippen LogP contribution is 2.76. The summed E-state index contributed by atoms with van der Waals surface area (Å²) in [6.45, 7) is 12.0. The highest BCUT2D eigenvalue weighted by atomic mass is 32.2. The molecule has 3 aliphatic heterocycles. The number of esters is 1. The first kappa shape index (κ1) is 42.5. The Morgan fingerprint density at radius 3 is 1.85 bits per heavy atom. The maximum Gasteiger partial charge on any atom is 0.435 e. The van der Waals surface area contributed by atoms with E-state index in [9.17, 15) is 32.7 Å². The summed E-state index contributed by atoms with van der Waals surface area (Å²) >= 11 is 10.8. The number of carbonyl (C=O) groups is 3. The van der Waals surface area contributed by atoms with Crippen LogP contribution < -0.4 is 10.4 Å². The maximum absolute atomic E-state index is 13.4. The van der Waals surface area contributed by atoms with Crippen LogP contribution in [0.15, 0.2) is 11.3 Å². The van der Waals surface area contributed by atoms with Gasteiger partial charge in [-0.15, -0.1) is 70.6 Å². The smallest absolute Gasteiger partial charge is 0.435 e. The summed E-state index contributed by atoms with van der Waals surface area (Å²) in [6, 6.07) is 1.50. The molecule has 1 aromatic heterocycles. The van der Waals surface area contributed by atoms with Crippen molar-refractivity contribution in [1.82, 2.24) is 9.78 Å². The monoisotopic (exact) mass is 879 g/mol. The Labute approximate surface area is 347 Å². The molecule has 4 saturated carbocycles. The number of thioether (sulfide) groups is 6. The molecule has 9 aliphatic rings. The number of rotatable bonds is 6. The van der Waals surface area contributed by atoms with E-state index in [1.165, 1.54) is 29.5 Å². The molecular formula is C38H52F3N3O5S6. The third-order valence-electron chi connectivity index (χ3n) is 11.6. The second-order valence-electron chi connectivity index (χ2n) is 16.3. The van der Waals surface area contributed by atoms with Crippen LogP contribution in [0.25, 0.3) is 0 Å². The predicted molar refractivity (Wildman–Crippen MR) is 219 cm³/mol. The van der Waals surface area contributed by atoms with E-state index in [0.717, 1.165) is 66.2 Å². The predicted octanol–water partition coefficient (Wildman–Crippen LogP) is 6.37. The van der Waals surface area contributed by atoms with E-state index in [2.05, 4.69) is 38.1 Å². The minimum atomic E-state index is -4.49. The number of aromatic nitrogens is 2. The van der Waals surface area contributed by atoms with Gasteiger partial charge in [0.2, 0.25) is 0 Å². The number of Topliss-reactive ketones (excluding diaryl/α,β-unsaturated/α-hetero) is 2. The Bertz CT molecular complexity index is 1690. The van der Waals surface area contributed by atoms with Crippen LogP contribution in [0.4, 0.5) is 13.2 Å². The summed E-state index contributed by atoms with van der Waals surface area (Å²) in [5, 5.41) is 18.2. The number of carbonyl (C=O) groups excluding carboxylic acids is 3. The fourth-order valence-electron chi connectivity index (χ4n) is 9.49. The molecule has 55 heavy (non-hydrogen) atoms. The van der Waals surface area contributed by atoms with Crippen LogP contribution in [0.3, 0.4) is 0 Å².